The Bertz CT molecular complexity index is 1670. The van der Waals surface area contributed by atoms with Crippen molar-refractivity contribution in [3.8, 4) is 34.2 Å². The van der Waals surface area contributed by atoms with Gasteiger partial charge in [0.1, 0.15) is 28.6 Å². The molecule has 5 aromatic rings. The van der Waals surface area contributed by atoms with Crippen LogP contribution in [0.3, 0.4) is 0 Å². The molecule has 0 radical (unpaired) electrons. The summed E-state index contributed by atoms with van der Waals surface area (Å²) < 4.78 is 22.9. The first-order valence-corrected chi connectivity index (χ1v) is 11.7. The van der Waals surface area contributed by atoms with Crippen molar-refractivity contribution in [1.82, 2.24) is 24.9 Å². The zero-order chi connectivity index (χ0) is 25.7. The van der Waals surface area contributed by atoms with E-state index < -0.39 is 11.7 Å². The summed E-state index contributed by atoms with van der Waals surface area (Å²) in [5.41, 5.74) is 10.6. The highest BCUT2D eigenvalue weighted by Gasteiger charge is 2.28. The zero-order valence-corrected chi connectivity index (χ0v) is 20.1. The number of nitrogens with zero attached hydrogens (tertiary/aromatic N) is 5. The Balaban J connectivity index is 1.42. The molecule has 4 heterocycles. The van der Waals surface area contributed by atoms with E-state index in [0.717, 1.165) is 16.8 Å². The smallest absolute Gasteiger partial charge is 0.258 e. The molecule has 6 rings (SSSR count). The molecule has 0 saturated carbocycles. The van der Waals surface area contributed by atoms with E-state index in [-0.39, 0.29) is 28.3 Å². The van der Waals surface area contributed by atoms with Crippen molar-refractivity contribution < 1.29 is 13.7 Å². The molecular formula is C27H22FN7O2. The number of fused-ring (bicyclic) bond motifs is 2. The van der Waals surface area contributed by atoms with Crippen LogP contribution in [0.25, 0.3) is 34.2 Å². The first-order chi connectivity index (χ1) is 17.9. The van der Waals surface area contributed by atoms with E-state index in [0.29, 0.717) is 35.9 Å². The minimum Gasteiger partial charge on any atom is -0.365 e. The number of carbonyl (C=O) groups is 1. The van der Waals surface area contributed by atoms with Gasteiger partial charge in [0.15, 0.2) is 0 Å². The summed E-state index contributed by atoms with van der Waals surface area (Å²) in [7, 11) is 0. The molecule has 0 bridgehead atoms. The van der Waals surface area contributed by atoms with Crippen molar-refractivity contribution >= 4 is 17.4 Å². The lowest BCUT2D eigenvalue weighted by molar-refractivity contribution is 0.100. The van der Waals surface area contributed by atoms with Crippen molar-refractivity contribution in [3.63, 3.8) is 0 Å². The normalized spacial score (nSPS) is 12.4. The number of hydrogen-bond acceptors (Lipinski definition) is 7. The quantitative estimate of drug-likeness (QED) is 0.366. The van der Waals surface area contributed by atoms with Crippen LogP contribution in [0.15, 0.2) is 59.3 Å². The van der Waals surface area contributed by atoms with E-state index >= 15 is 4.39 Å². The molecule has 0 saturated heterocycles. The Morgan fingerprint density at radius 3 is 2.76 bits per heavy atom. The molecule has 37 heavy (non-hydrogen) atoms. The van der Waals surface area contributed by atoms with Gasteiger partial charge in [-0.3, -0.25) is 9.78 Å². The number of hydrogen-bond donors (Lipinski definition) is 2. The van der Waals surface area contributed by atoms with Crippen LogP contribution in [0.5, 0.6) is 0 Å². The number of amides is 1. The van der Waals surface area contributed by atoms with Crippen molar-refractivity contribution in [3.05, 3.63) is 82.8 Å². The summed E-state index contributed by atoms with van der Waals surface area (Å²) in [5.74, 6) is -0.342. The van der Waals surface area contributed by atoms with Gasteiger partial charge in [-0.2, -0.15) is 10.1 Å². The number of aryl methyl sites for hydroxylation is 3. The van der Waals surface area contributed by atoms with E-state index in [4.69, 9.17) is 10.3 Å². The second kappa shape index (κ2) is 8.66. The van der Waals surface area contributed by atoms with Crippen LogP contribution < -0.4 is 11.1 Å². The Labute approximate surface area is 211 Å². The maximum atomic E-state index is 15.8. The SMILES string of the molecule is Cc1ccc2c(c1)CCn1nc(-c3ccc(-c4nc(-c5ccccn5)no4)c(C)c3F)c(C(N)=O)c1N2. The van der Waals surface area contributed by atoms with Gasteiger partial charge in [-0.05, 0) is 61.7 Å². The van der Waals surface area contributed by atoms with Crippen molar-refractivity contribution in [2.24, 2.45) is 5.73 Å². The Morgan fingerprint density at radius 2 is 1.97 bits per heavy atom. The molecule has 184 valence electrons. The fourth-order valence-corrected chi connectivity index (χ4v) is 4.61. The Morgan fingerprint density at radius 1 is 1.14 bits per heavy atom. The molecule has 1 aliphatic rings. The number of halogens is 1. The third-order valence-electron chi connectivity index (χ3n) is 6.50. The topological polar surface area (TPSA) is 125 Å². The van der Waals surface area contributed by atoms with Gasteiger partial charge in [-0.15, -0.1) is 0 Å². The van der Waals surface area contributed by atoms with Gasteiger partial charge in [0.25, 0.3) is 11.8 Å². The van der Waals surface area contributed by atoms with E-state index in [1.165, 1.54) is 0 Å². The van der Waals surface area contributed by atoms with Crippen LogP contribution in [0, 0.1) is 19.7 Å². The molecule has 0 atom stereocenters. The third-order valence-corrected chi connectivity index (χ3v) is 6.50. The highest BCUT2D eigenvalue weighted by atomic mass is 19.1. The second-order valence-electron chi connectivity index (χ2n) is 8.93. The molecule has 1 aliphatic heterocycles. The Hall–Kier alpha value is -4.86. The standard InChI is InChI=1S/C27H22FN7O2/c1-14-6-9-19-16(13-14)10-12-35-26(31-19)21(24(29)36)23(33-35)18-8-7-17(15(2)22(18)28)27-32-25(34-37-27)20-5-3-4-11-30-20/h3-9,11,13,31H,10,12H2,1-2H3,(H2,29,36). The average molecular weight is 496 g/mol. The van der Waals surface area contributed by atoms with Gasteiger partial charge in [0.2, 0.25) is 5.82 Å². The van der Waals surface area contributed by atoms with E-state index in [9.17, 15) is 4.79 Å². The summed E-state index contributed by atoms with van der Waals surface area (Å²) in [5, 5.41) is 11.9. The molecule has 3 aromatic heterocycles. The number of anilines is 2. The Kier molecular flexibility index (Phi) is 5.29. The summed E-state index contributed by atoms with van der Waals surface area (Å²) in [6, 6.07) is 14.6. The molecule has 1 amide bonds. The van der Waals surface area contributed by atoms with Gasteiger partial charge in [-0.25, -0.2) is 9.07 Å². The van der Waals surface area contributed by atoms with Crippen LogP contribution in [0.1, 0.15) is 27.0 Å². The van der Waals surface area contributed by atoms with Gasteiger partial charge in [-0.1, -0.05) is 28.9 Å². The minimum absolute atomic E-state index is 0.134. The number of pyridine rings is 1. The minimum atomic E-state index is -0.697. The van der Waals surface area contributed by atoms with Gasteiger partial charge >= 0.3 is 0 Å². The van der Waals surface area contributed by atoms with E-state index in [1.54, 1.807) is 42.1 Å². The predicted molar refractivity (Wildman–Crippen MR) is 136 cm³/mol. The molecule has 0 fully saturated rings. The number of primary amides is 1. The lowest BCUT2D eigenvalue weighted by atomic mass is 9.99. The van der Waals surface area contributed by atoms with Crippen LogP contribution in [0.2, 0.25) is 0 Å². The largest absolute Gasteiger partial charge is 0.365 e. The van der Waals surface area contributed by atoms with Crippen LogP contribution >= 0.6 is 0 Å². The number of nitrogens with one attached hydrogen (secondary N) is 1. The fraction of sp³-hybridized carbons (Fsp3) is 0.148. The molecule has 0 aliphatic carbocycles. The van der Waals surface area contributed by atoms with Gasteiger partial charge < -0.3 is 15.6 Å². The third kappa shape index (κ3) is 3.83. The average Bonchev–Trinajstić information content (AvgIpc) is 3.48. The summed E-state index contributed by atoms with van der Waals surface area (Å²) >= 11 is 0. The van der Waals surface area contributed by atoms with E-state index in [2.05, 4.69) is 31.6 Å². The summed E-state index contributed by atoms with van der Waals surface area (Å²) in [6.07, 6.45) is 2.33. The highest BCUT2D eigenvalue weighted by Crippen LogP contribution is 2.38. The van der Waals surface area contributed by atoms with Crippen molar-refractivity contribution in [2.45, 2.75) is 26.8 Å². The van der Waals surface area contributed by atoms with Gasteiger partial charge in [0.05, 0.1) is 0 Å². The maximum absolute atomic E-state index is 15.8. The first-order valence-electron chi connectivity index (χ1n) is 11.7. The number of carbonyl (C=O) groups excluding carboxylic acids is 1. The fourth-order valence-electron chi connectivity index (χ4n) is 4.61. The number of aromatic nitrogens is 5. The lowest BCUT2D eigenvalue weighted by Crippen LogP contribution is -2.14. The van der Waals surface area contributed by atoms with Crippen molar-refractivity contribution in [1.29, 1.82) is 0 Å². The summed E-state index contributed by atoms with van der Waals surface area (Å²) in [4.78, 5) is 21.2. The molecule has 0 spiro atoms. The zero-order valence-electron chi connectivity index (χ0n) is 20.1. The van der Waals surface area contributed by atoms with Crippen molar-refractivity contribution in [2.75, 3.05) is 5.32 Å². The predicted octanol–water partition coefficient (Wildman–Crippen LogP) is 4.82. The molecule has 10 heteroatoms. The first kappa shape index (κ1) is 22.6. The molecule has 0 unspecified atom stereocenters. The highest BCUT2D eigenvalue weighted by molar-refractivity contribution is 6.04. The van der Waals surface area contributed by atoms with Crippen LogP contribution in [-0.4, -0.2) is 30.8 Å². The molecular weight excluding hydrogens is 473 g/mol. The number of benzene rings is 2. The molecule has 3 N–H and O–H groups in total. The maximum Gasteiger partial charge on any atom is 0.258 e. The molecule has 9 nitrogen and oxygen atoms in total. The van der Waals surface area contributed by atoms with E-state index in [1.807, 2.05) is 25.1 Å². The van der Waals surface area contributed by atoms with Crippen LogP contribution in [0.4, 0.5) is 15.9 Å². The number of nitrogens with two attached hydrogens (primary N) is 1. The number of rotatable bonds is 4. The van der Waals surface area contributed by atoms with Gasteiger partial charge in [0, 0.05) is 29.6 Å². The molecule has 2 aromatic carbocycles. The monoisotopic (exact) mass is 495 g/mol. The lowest BCUT2D eigenvalue weighted by Gasteiger charge is -2.10. The summed E-state index contributed by atoms with van der Waals surface area (Å²) in [6.45, 7) is 4.15. The van der Waals surface area contributed by atoms with Crippen LogP contribution in [-0.2, 0) is 13.0 Å². The second-order valence-corrected chi connectivity index (χ2v) is 8.93.